The molecule has 27 heavy (non-hydrogen) atoms. The van der Waals surface area contributed by atoms with Gasteiger partial charge in [-0.25, -0.2) is 9.07 Å². The van der Waals surface area contributed by atoms with Crippen molar-refractivity contribution in [1.29, 1.82) is 0 Å². The number of benzene rings is 1. The minimum atomic E-state index is -0.868. The first-order valence-corrected chi connectivity index (χ1v) is 9.40. The molecule has 3 heterocycles. The van der Waals surface area contributed by atoms with E-state index in [2.05, 4.69) is 15.6 Å². The van der Waals surface area contributed by atoms with Gasteiger partial charge in [-0.15, -0.1) is 0 Å². The fourth-order valence-corrected chi connectivity index (χ4v) is 3.78. The van der Waals surface area contributed by atoms with E-state index in [9.17, 15) is 14.0 Å². The molecule has 3 aromatic rings. The van der Waals surface area contributed by atoms with E-state index in [4.69, 9.17) is 4.52 Å². The summed E-state index contributed by atoms with van der Waals surface area (Å²) in [7, 11) is 0. The van der Waals surface area contributed by atoms with Crippen LogP contribution in [0.4, 0.5) is 10.3 Å². The number of carbonyl (C=O) groups is 1. The molecule has 1 aliphatic rings. The number of aromatic nitrogens is 3. The van der Waals surface area contributed by atoms with Gasteiger partial charge in [0.15, 0.2) is 0 Å². The third-order valence-corrected chi connectivity index (χ3v) is 5.27. The van der Waals surface area contributed by atoms with E-state index in [-0.39, 0.29) is 5.82 Å². The third kappa shape index (κ3) is 3.37. The molecular formula is C18H15FN4O3S. The number of hydrogen-bond donors (Lipinski definition) is 1. The van der Waals surface area contributed by atoms with Crippen LogP contribution in [0, 0.1) is 5.82 Å². The van der Waals surface area contributed by atoms with E-state index >= 15 is 0 Å². The maximum atomic E-state index is 13.1. The first-order valence-electron chi connectivity index (χ1n) is 8.25. The number of amides is 1. The molecule has 138 valence electrons. The van der Waals surface area contributed by atoms with Crippen molar-refractivity contribution >= 4 is 23.6 Å². The van der Waals surface area contributed by atoms with Gasteiger partial charge < -0.3 is 4.52 Å². The normalized spacial score (nSPS) is 14.0. The molecule has 7 nitrogen and oxygen atoms in total. The zero-order valence-electron chi connectivity index (χ0n) is 14.3. The van der Waals surface area contributed by atoms with Gasteiger partial charge in [0.25, 0.3) is 11.5 Å². The van der Waals surface area contributed by atoms with Crippen molar-refractivity contribution in [2.45, 2.75) is 24.5 Å². The van der Waals surface area contributed by atoms with Crippen LogP contribution in [0.15, 0.2) is 45.7 Å². The van der Waals surface area contributed by atoms with Crippen molar-refractivity contribution in [2.75, 3.05) is 5.32 Å². The molecule has 1 N–H and O–H groups in total. The van der Waals surface area contributed by atoms with E-state index < -0.39 is 17.5 Å². The summed E-state index contributed by atoms with van der Waals surface area (Å²) < 4.78 is 19.4. The fraction of sp³-hybridized carbons (Fsp3) is 0.222. The number of anilines is 1. The molecule has 1 unspecified atom stereocenters. The molecule has 1 amide bonds. The molecule has 9 heteroatoms. The van der Waals surface area contributed by atoms with Gasteiger partial charge in [-0.05, 0) is 37.3 Å². The van der Waals surface area contributed by atoms with Crippen molar-refractivity contribution in [3.63, 3.8) is 0 Å². The van der Waals surface area contributed by atoms with Crippen LogP contribution in [0.1, 0.15) is 24.2 Å². The van der Waals surface area contributed by atoms with E-state index in [1.54, 1.807) is 30.8 Å². The molecule has 1 aromatic carbocycles. The van der Waals surface area contributed by atoms with Crippen molar-refractivity contribution in [3.05, 3.63) is 63.8 Å². The SMILES string of the molecule is CC(C(=O)Nc1onc2c1CSC2)n1nc(-c2ccc(F)cc2)ccc1=O. The molecule has 0 bridgehead atoms. The number of nitrogens with one attached hydrogen (secondary N) is 1. The van der Waals surface area contributed by atoms with Crippen LogP contribution in [-0.4, -0.2) is 20.8 Å². The Balaban J connectivity index is 1.59. The minimum absolute atomic E-state index is 0.314. The van der Waals surface area contributed by atoms with E-state index in [1.165, 1.54) is 24.3 Å². The molecule has 4 rings (SSSR count). The van der Waals surface area contributed by atoms with Gasteiger partial charge in [0.1, 0.15) is 11.9 Å². The Labute approximate surface area is 157 Å². The summed E-state index contributed by atoms with van der Waals surface area (Å²) in [5, 5.41) is 10.9. The minimum Gasteiger partial charge on any atom is -0.338 e. The lowest BCUT2D eigenvalue weighted by molar-refractivity contribution is -0.119. The summed E-state index contributed by atoms with van der Waals surface area (Å²) >= 11 is 1.69. The second-order valence-corrected chi connectivity index (χ2v) is 7.09. The number of nitrogens with zero attached hydrogens (tertiary/aromatic N) is 3. The Bertz CT molecular complexity index is 1060. The third-order valence-electron chi connectivity index (χ3n) is 4.30. The van der Waals surface area contributed by atoms with Crippen LogP contribution in [0.5, 0.6) is 0 Å². The molecule has 0 saturated carbocycles. The average molecular weight is 386 g/mol. The molecule has 0 aliphatic carbocycles. The summed E-state index contributed by atoms with van der Waals surface area (Å²) in [6, 6.07) is 7.75. The Morgan fingerprint density at radius 1 is 1.26 bits per heavy atom. The number of rotatable bonds is 4. The highest BCUT2D eigenvalue weighted by Gasteiger charge is 2.25. The predicted molar refractivity (Wildman–Crippen MR) is 98.7 cm³/mol. The first kappa shape index (κ1) is 17.5. The molecule has 1 aliphatic heterocycles. The summed E-state index contributed by atoms with van der Waals surface area (Å²) in [6.45, 7) is 1.57. The molecule has 0 saturated heterocycles. The Kier molecular flexibility index (Phi) is 4.53. The van der Waals surface area contributed by atoms with Gasteiger partial charge in [-0.2, -0.15) is 16.9 Å². The maximum absolute atomic E-state index is 13.1. The van der Waals surface area contributed by atoms with Crippen LogP contribution in [0.2, 0.25) is 0 Å². The summed E-state index contributed by atoms with van der Waals surface area (Å²) in [6.07, 6.45) is 0. The monoisotopic (exact) mass is 386 g/mol. The van der Waals surface area contributed by atoms with Gasteiger partial charge in [0, 0.05) is 23.1 Å². The number of hydrogen-bond acceptors (Lipinski definition) is 6. The summed E-state index contributed by atoms with van der Waals surface area (Å²) in [5.41, 5.74) is 2.40. The Hall–Kier alpha value is -2.94. The van der Waals surface area contributed by atoms with E-state index in [0.29, 0.717) is 17.1 Å². The van der Waals surface area contributed by atoms with Crippen LogP contribution in [0.25, 0.3) is 11.3 Å². The largest absolute Gasteiger partial charge is 0.338 e. The highest BCUT2D eigenvalue weighted by molar-refractivity contribution is 7.98. The van der Waals surface area contributed by atoms with Crippen molar-refractivity contribution in [3.8, 4) is 11.3 Å². The van der Waals surface area contributed by atoms with Gasteiger partial charge in [0.05, 0.1) is 17.0 Å². The summed E-state index contributed by atoms with van der Waals surface area (Å²) in [4.78, 5) is 24.8. The Morgan fingerprint density at radius 3 is 2.81 bits per heavy atom. The molecule has 1 atom stereocenters. The second kappa shape index (κ2) is 6.99. The van der Waals surface area contributed by atoms with Crippen LogP contribution in [-0.2, 0) is 16.3 Å². The van der Waals surface area contributed by atoms with Gasteiger partial charge in [-0.3, -0.25) is 14.9 Å². The van der Waals surface area contributed by atoms with Crippen LogP contribution in [0.3, 0.4) is 0 Å². The second-order valence-electron chi connectivity index (χ2n) is 6.10. The Morgan fingerprint density at radius 2 is 2.04 bits per heavy atom. The number of carbonyl (C=O) groups excluding carboxylic acids is 1. The number of fused-ring (bicyclic) bond motifs is 1. The number of halogens is 1. The first-order chi connectivity index (χ1) is 13.0. The molecule has 0 radical (unpaired) electrons. The smallest absolute Gasteiger partial charge is 0.267 e. The molecule has 0 fully saturated rings. The lowest BCUT2D eigenvalue weighted by Crippen LogP contribution is -2.33. The summed E-state index contributed by atoms with van der Waals surface area (Å²) in [5.74, 6) is 0.996. The molecular weight excluding hydrogens is 371 g/mol. The maximum Gasteiger partial charge on any atom is 0.267 e. The van der Waals surface area contributed by atoms with E-state index in [1.807, 2.05) is 0 Å². The van der Waals surface area contributed by atoms with Crippen molar-refractivity contribution in [2.24, 2.45) is 0 Å². The fourth-order valence-electron chi connectivity index (χ4n) is 2.76. The quantitative estimate of drug-likeness (QED) is 0.741. The zero-order chi connectivity index (χ0) is 19.0. The zero-order valence-corrected chi connectivity index (χ0v) is 15.1. The average Bonchev–Trinajstić information content (AvgIpc) is 3.27. The lowest BCUT2D eigenvalue weighted by atomic mass is 10.1. The standard InChI is InChI=1S/C18H15FN4O3S/c1-10(17(25)20-18-13-8-27-9-15(13)22-26-18)23-16(24)7-6-14(21-23)11-2-4-12(19)5-3-11/h2-7,10H,8-9H2,1H3,(H,20,25). The van der Waals surface area contributed by atoms with Crippen LogP contribution < -0.4 is 10.9 Å². The van der Waals surface area contributed by atoms with Gasteiger partial charge >= 0.3 is 0 Å². The van der Waals surface area contributed by atoms with Crippen molar-refractivity contribution in [1.82, 2.24) is 14.9 Å². The molecule has 2 aromatic heterocycles. The number of thioether (sulfide) groups is 1. The molecule has 0 spiro atoms. The highest BCUT2D eigenvalue weighted by Crippen LogP contribution is 2.34. The lowest BCUT2D eigenvalue weighted by Gasteiger charge is -2.14. The van der Waals surface area contributed by atoms with Gasteiger partial charge in [0.2, 0.25) is 5.88 Å². The van der Waals surface area contributed by atoms with Crippen molar-refractivity contribution < 1.29 is 13.7 Å². The highest BCUT2D eigenvalue weighted by atomic mass is 32.2. The van der Waals surface area contributed by atoms with E-state index in [0.717, 1.165) is 27.4 Å². The topological polar surface area (TPSA) is 90.0 Å². The van der Waals surface area contributed by atoms with Crippen LogP contribution >= 0.6 is 11.8 Å². The predicted octanol–water partition coefficient (Wildman–Crippen LogP) is 2.98. The van der Waals surface area contributed by atoms with Gasteiger partial charge in [-0.1, -0.05) is 5.16 Å².